The van der Waals surface area contributed by atoms with Crippen molar-refractivity contribution < 1.29 is 14.3 Å². The van der Waals surface area contributed by atoms with Gasteiger partial charge in [-0.2, -0.15) is 0 Å². The molecular formula is C20H30N2O3. The van der Waals surface area contributed by atoms with Gasteiger partial charge < -0.3 is 15.0 Å². The molecule has 0 radical (unpaired) electrons. The lowest BCUT2D eigenvalue weighted by Gasteiger charge is -2.35. The highest BCUT2D eigenvalue weighted by atomic mass is 16.5. The summed E-state index contributed by atoms with van der Waals surface area (Å²) in [6.45, 7) is 8.29. The second kappa shape index (κ2) is 8.88. The van der Waals surface area contributed by atoms with E-state index in [4.69, 9.17) is 4.74 Å². The fourth-order valence-corrected chi connectivity index (χ4v) is 3.35. The van der Waals surface area contributed by atoms with E-state index in [-0.39, 0.29) is 30.0 Å². The van der Waals surface area contributed by atoms with Gasteiger partial charge in [-0.25, -0.2) is 0 Å². The van der Waals surface area contributed by atoms with Crippen molar-refractivity contribution in [3.63, 3.8) is 0 Å². The first-order valence-corrected chi connectivity index (χ1v) is 9.20. The number of rotatable bonds is 6. The van der Waals surface area contributed by atoms with E-state index in [0.29, 0.717) is 6.42 Å². The van der Waals surface area contributed by atoms with Crippen molar-refractivity contribution in [1.29, 1.82) is 0 Å². The molecule has 2 atom stereocenters. The largest absolute Gasteiger partial charge is 0.491 e. The first-order chi connectivity index (χ1) is 11.9. The molecule has 1 saturated heterocycles. The molecule has 0 aromatic heterocycles. The van der Waals surface area contributed by atoms with Crippen molar-refractivity contribution in [2.75, 3.05) is 6.54 Å². The van der Waals surface area contributed by atoms with Gasteiger partial charge in [0.05, 0.1) is 12.1 Å². The highest BCUT2D eigenvalue weighted by Gasteiger charge is 2.26. The Morgan fingerprint density at radius 3 is 2.72 bits per heavy atom. The third-order valence-corrected chi connectivity index (χ3v) is 4.56. The average molecular weight is 346 g/mol. The van der Waals surface area contributed by atoms with Crippen LogP contribution in [0.1, 0.15) is 65.0 Å². The van der Waals surface area contributed by atoms with Crippen LogP contribution >= 0.6 is 0 Å². The number of hydrogen-bond donors (Lipinski definition) is 1. The zero-order chi connectivity index (χ0) is 18.4. The molecule has 1 N–H and O–H groups in total. The maximum Gasteiger partial charge on any atom is 0.222 e. The molecule has 5 heteroatoms. The topological polar surface area (TPSA) is 58.6 Å². The van der Waals surface area contributed by atoms with Gasteiger partial charge >= 0.3 is 0 Å². The molecule has 138 valence electrons. The lowest BCUT2D eigenvalue weighted by molar-refractivity contribution is -0.134. The third-order valence-electron chi connectivity index (χ3n) is 4.56. The SMILES string of the molecule is CC(=O)N1CCCC[C@@H]1CC(=O)N[C@H](C)c1cccc(OC(C)C)c1. The van der Waals surface area contributed by atoms with Gasteiger partial charge in [-0.15, -0.1) is 0 Å². The van der Waals surface area contributed by atoms with Gasteiger partial charge in [0.15, 0.2) is 0 Å². The molecule has 5 nitrogen and oxygen atoms in total. The van der Waals surface area contributed by atoms with Gasteiger partial charge in [0.25, 0.3) is 0 Å². The van der Waals surface area contributed by atoms with E-state index in [1.807, 2.05) is 49.9 Å². The molecule has 1 aliphatic heterocycles. The fraction of sp³-hybridized carbons (Fsp3) is 0.600. The molecular weight excluding hydrogens is 316 g/mol. The van der Waals surface area contributed by atoms with Gasteiger partial charge in [-0.1, -0.05) is 12.1 Å². The van der Waals surface area contributed by atoms with Crippen molar-refractivity contribution in [1.82, 2.24) is 10.2 Å². The highest BCUT2D eigenvalue weighted by molar-refractivity contribution is 5.79. The van der Waals surface area contributed by atoms with E-state index in [1.54, 1.807) is 6.92 Å². The van der Waals surface area contributed by atoms with Crippen LogP contribution < -0.4 is 10.1 Å². The number of nitrogens with one attached hydrogen (secondary N) is 1. The van der Waals surface area contributed by atoms with Crippen LogP contribution in [0.5, 0.6) is 5.75 Å². The number of carbonyl (C=O) groups excluding carboxylic acids is 2. The van der Waals surface area contributed by atoms with Crippen LogP contribution in [0.2, 0.25) is 0 Å². The summed E-state index contributed by atoms with van der Waals surface area (Å²) in [5, 5.41) is 3.05. The Kier molecular flexibility index (Phi) is 6.85. The molecule has 1 aromatic carbocycles. The smallest absolute Gasteiger partial charge is 0.222 e. The number of carbonyl (C=O) groups is 2. The van der Waals surface area contributed by atoms with Crippen molar-refractivity contribution in [3.05, 3.63) is 29.8 Å². The van der Waals surface area contributed by atoms with E-state index in [1.165, 1.54) is 0 Å². The minimum atomic E-state index is -0.0995. The summed E-state index contributed by atoms with van der Waals surface area (Å²) in [6, 6.07) is 7.74. The first kappa shape index (κ1) is 19.3. The van der Waals surface area contributed by atoms with E-state index < -0.39 is 0 Å². The van der Waals surface area contributed by atoms with Crippen molar-refractivity contribution in [3.8, 4) is 5.75 Å². The van der Waals surface area contributed by atoms with Crippen LogP contribution in [0.3, 0.4) is 0 Å². The highest BCUT2D eigenvalue weighted by Crippen LogP contribution is 2.22. The zero-order valence-corrected chi connectivity index (χ0v) is 15.7. The minimum absolute atomic E-state index is 0.0131. The molecule has 1 aliphatic rings. The minimum Gasteiger partial charge on any atom is -0.491 e. The molecule has 0 unspecified atom stereocenters. The summed E-state index contributed by atoms with van der Waals surface area (Å²) in [6.07, 6.45) is 3.48. The standard InChI is InChI=1S/C20H30N2O3/c1-14(2)25-19-10-7-8-17(12-19)15(3)21-20(24)13-18-9-5-6-11-22(18)16(4)23/h7-8,10,12,14-15,18H,5-6,9,11,13H2,1-4H3,(H,21,24)/t15-,18-/m1/s1. The summed E-state index contributed by atoms with van der Waals surface area (Å²) in [7, 11) is 0. The van der Waals surface area contributed by atoms with Crippen LogP contribution in [0.4, 0.5) is 0 Å². The number of amides is 2. The zero-order valence-electron chi connectivity index (χ0n) is 15.7. The summed E-state index contributed by atoms with van der Waals surface area (Å²) < 4.78 is 5.72. The number of piperidine rings is 1. The van der Waals surface area contributed by atoms with Gasteiger partial charge in [-0.05, 0) is 57.7 Å². The Morgan fingerprint density at radius 1 is 1.28 bits per heavy atom. The Bertz CT molecular complexity index is 600. The number of likely N-dealkylation sites (tertiary alicyclic amines) is 1. The normalized spacial score (nSPS) is 18.8. The number of hydrogen-bond acceptors (Lipinski definition) is 3. The molecule has 1 aromatic rings. The van der Waals surface area contributed by atoms with E-state index in [2.05, 4.69) is 5.32 Å². The number of benzene rings is 1. The third kappa shape index (κ3) is 5.76. The summed E-state index contributed by atoms with van der Waals surface area (Å²) in [5.41, 5.74) is 1.01. The van der Waals surface area contributed by atoms with Gasteiger partial charge in [0.2, 0.25) is 11.8 Å². The van der Waals surface area contributed by atoms with Crippen LogP contribution in [0, 0.1) is 0 Å². The molecule has 1 heterocycles. The Hall–Kier alpha value is -2.04. The van der Waals surface area contributed by atoms with Crippen molar-refractivity contribution in [2.24, 2.45) is 0 Å². The molecule has 0 bridgehead atoms. The van der Waals surface area contributed by atoms with Crippen molar-refractivity contribution >= 4 is 11.8 Å². The molecule has 0 saturated carbocycles. The predicted molar refractivity (Wildman–Crippen MR) is 98.4 cm³/mol. The lowest BCUT2D eigenvalue weighted by atomic mass is 9.98. The van der Waals surface area contributed by atoms with E-state index in [9.17, 15) is 9.59 Å². The quantitative estimate of drug-likeness (QED) is 0.858. The second-order valence-electron chi connectivity index (χ2n) is 7.09. The Labute approximate surface area is 150 Å². The summed E-state index contributed by atoms with van der Waals surface area (Å²) in [5.74, 6) is 0.855. The van der Waals surface area contributed by atoms with Crippen LogP contribution in [0.15, 0.2) is 24.3 Å². The van der Waals surface area contributed by atoms with Crippen LogP contribution in [-0.4, -0.2) is 35.4 Å². The lowest BCUT2D eigenvalue weighted by Crippen LogP contribution is -2.45. The van der Waals surface area contributed by atoms with Gasteiger partial charge in [0, 0.05) is 25.9 Å². The number of ether oxygens (including phenoxy) is 1. The molecule has 0 aliphatic carbocycles. The maximum atomic E-state index is 12.4. The maximum absolute atomic E-state index is 12.4. The summed E-state index contributed by atoms with van der Waals surface area (Å²) in [4.78, 5) is 26.0. The van der Waals surface area contributed by atoms with Crippen LogP contribution in [0.25, 0.3) is 0 Å². The molecule has 2 rings (SSSR count). The van der Waals surface area contributed by atoms with Crippen LogP contribution in [-0.2, 0) is 9.59 Å². The van der Waals surface area contributed by atoms with Crippen molar-refractivity contribution in [2.45, 2.75) is 71.6 Å². The van der Waals surface area contributed by atoms with E-state index in [0.717, 1.165) is 37.1 Å². The molecule has 0 spiro atoms. The van der Waals surface area contributed by atoms with Gasteiger partial charge in [0.1, 0.15) is 5.75 Å². The monoisotopic (exact) mass is 346 g/mol. The fourth-order valence-electron chi connectivity index (χ4n) is 3.35. The first-order valence-electron chi connectivity index (χ1n) is 9.20. The Balaban J connectivity index is 1.94. The molecule has 25 heavy (non-hydrogen) atoms. The second-order valence-corrected chi connectivity index (χ2v) is 7.09. The molecule has 2 amide bonds. The average Bonchev–Trinajstić information content (AvgIpc) is 2.54. The van der Waals surface area contributed by atoms with E-state index >= 15 is 0 Å². The number of nitrogens with zero attached hydrogens (tertiary/aromatic N) is 1. The predicted octanol–water partition coefficient (Wildman–Crippen LogP) is 3.44. The Morgan fingerprint density at radius 2 is 2.04 bits per heavy atom. The molecule has 1 fully saturated rings. The van der Waals surface area contributed by atoms with Gasteiger partial charge in [-0.3, -0.25) is 9.59 Å². The summed E-state index contributed by atoms with van der Waals surface area (Å²) >= 11 is 0.